The molecule has 2 N–H and O–H groups in total. The normalized spacial score (nSPS) is 12.7. The molecule has 0 unspecified atom stereocenters. The molecule has 0 atom stereocenters. The van der Waals surface area contributed by atoms with Crippen molar-refractivity contribution in [2.45, 2.75) is 11.1 Å². The van der Waals surface area contributed by atoms with Crippen molar-refractivity contribution in [3.8, 4) is 0 Å². The fraction of sp³-hybridized carbons (Fsp3) is 0.400. The Morgan fingerprint density at radius 1 is 1.17 bits per heavy atom. The molecule has 0 fully saturated rings. The topological polar surface area (TPSA) is 58.2 Å². The Kier molecular flexibility index (Phi) is 4.71. The molecule has 1 aromatic rings. The molecule has 18 heavy (non-hydrogen) atoms. The first-order chi connectivity index (χ1) is 8.29. The van der Waals surface area contributed by atoms with Gasteiger partial charge in [0, 0.05) is 13.1 Å². The largest absolute Gasteiger partial charge is 0.417 e. The standard InChI is InChI=1S/C10H13F3N2O2S/c1-14-6-7-15-18(16,17)9-5-3-2-4-8(9)10(11,12)13/h2-5,14-15H,6-7H2,1H3. The maximum absolute atomic E-state index is 12.7. The second-order valence-electron chi connectivity index (χ2n) is 3.50. The van der Waals surface area contributed by atoms with E-state index in [1.165, 1.54) is 6.07 Å². The van der Waals surface area contributed by atoms with Crippen molar-refractivity contribution < 1.29 is 21.6 Å². The minimum Gasteiger partial charge on any atom is -0.318 e. The van der Waals surface area contributed by atoms with Crippen molar-refractivity contribution in [3.05, 3.63) is 29.8 Å². The second-order valence-corrected chi connectivity index (χ2v) is 5.23. The number of alkyl halides is 3. The van der Waals surface area contributed by atoms with Gasteiger partial charge in [-0.25, -0.2) is 13.1 Å². The Balaban J connectivity index is 3.09. The van der Waals surface area contributed by atoms with Gasteiger partial charge in [0.25, 0.3) is 0 Å². The summed E-state index contributed by atoms with van der Waals surface area (Å²) < 4.78 is 63.6. The van der Waals surface area contributed by atoms with Crippen LogP contribution in [0.2, 0.25) is 0 Å². The van der Waals surface area contributed by atoms with Crippen LogP contribution in [0.25, 0.3) is 0 Å². The Bertz CT molecular complexity index is 500. The zero-order valence-corrected chi connectivity index (χ0v) is 10.4. The van der Waals surface area contributed by atoms with Gasteiger partial charge in [-0.15, -0.1) is 0 Å². The third kappa shape index (κ3) is 3.69. The summed E-state index contributed by atoms with van der Waals surface area (Å²) >= 11 is 0. The van der Waals surface area contributed by atoms with Crippen molar-refractivity contribution in [2.75, 3.05) is 20.1 Å². The van der Waals surface area contributed by atoms with Crippen LogP contribution in [0.3, 0.4) is 0 Å². The predicted molar refractivity (Wildman–Crippen MR) is 60.6 cm³/mol. The summed E-state index contributed by atoms with van der Waals surface area (Å²) in [5, 5.41) is 2.69. The van der Waals surface area contributed by atoms with E-state index in [9.17, 15) is 21.6 Å². The van der Waals surface area contributed by atoms with E-state index in [1.807, 2.05) is 0 Å². The molecule has 0 amide bonds. The third-order valence-electron chi connectivity index (χ3n) is 2.15. The van der Waals surface area contributed by atoms with Crippen molar-refractivity contribution in [1.29, 1.82) is 0 Å². The molecule has 0 aliphatic carbocycles. The zero-order chi connectivity index (χ0) is 13.8. The molecule has 0 saturated heterocycles. The highest BCUT2D eigenvalue weighted by molar-refractivity contribution is 7.89. The van der Waals surface area contributed by atoms with E-state index in [0.717, 1.165) is 18.2 Å². The lowest BCUT2D eigenvalue weighted by molar-refractivity contribution is -0.139. The Morgan fingerprint density at radius 3 is 2.33 bits per heavy atom. The number of nitrogens with one attached hydrogen (secondary N) is 2. The van der Waals surface area contributed by atoms with Crippen LogP contribution < -0.4 is 10.0 Å². The van der Waals surface area contributed by atoms with E-state index < -0.39 is 26.7 Å². The van der Waals surface area contributed by atoms with Gasteiger partial charge >= 0.3 is 6.18 Å². The molecule has 8 heteroatoms. The van der Waals surface area contributed by atoms with E-state index in [4.69, 9.17) is 0 Å². The second kappa shape index (κ2) is 5.68. The lowest BCUT2D eigenvalue weighted by Crippen LogP contribution is -2.31. The number of hydrogen-bond acceptors (Lipinski definition) is 3. The SMILES string of the molecule is CNCCNS(=O)(=O)c1ccccc1C(F)(F)F. The number of sulfonamides is 1. The maximum Gasteiger partial charge on any atom is 0.417 e. The smallest absolute Gasteiger partial charge is 0.318 e. The monoisotopic (exact) mass is 282 g/mol. The summed E-state index contributed by atoms with van der Waals surface area (Å²) in [6.45, 7) is 0.346. The van der Waals surface area contributed by atoms with Gasteiger partial charge < -0.3 is 5.32 Å². The van der Waals surface area contributed by atoms with E-state index in [1.54, 1.807) is 7.05 Å². The molecule has 1 aromatic carbocycles. The molecule has 1 rings (SSSR count). The number of rotatable bonds is 5. The Hall–Kier alpha value is -1.12. The summed E-state index contributed by atoms with van der Waals surface area (Å²) in [7, 11) is -2.55. The van der Waals surface area contributed by atoms with E-state index in [0.29, 0.717) is 6.54 Å². The summed E-state index contributed by atoms with van der Waals surface area (Å²) in [6, 6.07) is 4.08. The van der Waals surface area contributed by atoms with Gasteiger partial charge in [-0.2, -0.15) is 13.2 Å². The molecule has 102 valence electrons. The van der Waals surface area contributed by atoms with E-state index >= 15 is 0 Å². The molecule has 0 radical (unpaired) electrons. The van der Waals surface area contributed by atoms with E-state index in [-0.39, 0.29) is 6.54 Å². The van der Waals surface area contributed by atoms with Gasteiger partial charge in [0.05, 0.1) is 10.5 Å². The van der Waals surface area contributed by atoms with E-state index in [2.05, 4.69) is 10.0 Å². The summed E-state index contributed by atoms with van der Waals surface area (Å²) in [5.74, 6) is 0. The van der Waals surface area contributed by atoms with Crippen molar-refractivity contribution in [2.24, 2.45) is 0 Å². The molecule has 0 aromatic heterocycles. The first kappa shape index (κ1) is 14.9. The van der Waals surface area contributed by atoms with Crippen molar-refractivity contribution in [3.63, 3.8) is 0 Å². The van der Waals surface area contributed by atoms with Gasteiger partial charge in [-0.1, -0.05) is 12.1 Å². The third-order valence-corrected chi connectivity index (χ3v) is 3.67. The molecule has 4 nitrogen and oxygen atoms in total. The van der Waals surface area contributed by atoms with Gasteiger partial charge in [-0.05, 0) is 19.2 Å². The highest BCUT2D eigenvalue weighted by Gasteiger charge is 2.36. The van der Waals surface area contributed by atoms with Crippen LogP contribution in [0.15, 0.2) is 29.2 Å². The fourth-order valence-corrected chi connectivity index (χ4v) is 2.58. The lowest BCUT2D eigenvalue weighted by atomic mass is 10.2. The molecule has 0 bridgehead atoms. The van der Waals surface area contributed by atoms with Crippen LogP contribution in [0.4, 0.5) is 13.2 Å². The van der Waals surface area contributed by atoms with Gasteiger partial charge in [0.2, 0.25) is 10.0 Å². The predicted octanol–water partition coefficient (Wildman–Crippen LogP) is 1.20. The quantitative estimate of drug-likeness (QED) is 0.798. The van der Waals surface area contributed by atoms with Crippen LogP contribution in [-0.4, -0.2) is 28.6 Å². The summed E-state index contributed by atoms with van der Waals surface area (Å²) in [6.07, 6.45) is -4.70. The number of likely N-dealkylation sites (N-methyl/N-ethyl adjacent to an activating group) is 1. The average molecular weight is 282 g/mol. The van der Waals surface area contributed by atoms with Crippen molar-refractivity contribution in [1.82, 2.24) is 10.0 Å². The van der Waals surface area contributed by atoms with Crippen LogP contribution in [0.5, 0.6) is 0 Å². The first-order valence-corrected chi connectivity index (χ1v) is 6.58. The molecule has 0 aliphatic heterocycles. The minimum atomic E-state index is -4.70. The van der Waals surface area contributed by atoms with Gasteiger partial charge in [-0.3, -0.25) is 0 Å². The Labute approximate surface area is 103 Å². The van der Waals surface area contributed by atoms with Crippen LogP contribution in [0.1, 0.15) is 5.56 Å². The highest BCUT2D eigenvalue weighted by Crippen LogP contribution is 2.33. The minimum absolute atomic E-state index is 0.0189. The average Bonchev–Trinajstić information content (AvgIpc) is 2.28. The van der Waals surface area contributed by atoms with Crippen LogP contribution in [0, 0.1) is 0 Å². The number of halogens is 3. The zero-order valence-electron chi connectivity index (χ0n) is 9.58. The van der Waals surface area contributed by atoms with Crippen LogP contribution >= 0.6 is 0 Å². The van der Waals surface area contributed by atoms with Crippen LogP contribution in [-0.2, 0) is 16.2 Å². The van der Waals surface area contributed by atoms with Gasteiger partial charge in [0.1, 0.15) is 0 Å². The highest BCUT2D eigenvalue weighted by atomic mass is 32.2. The molecule has 0 aliphatic rings. The molecule has 0 saturated carbocycles. The Morgan fingerprint density at radius 2 is 1.78 bits per heavy atom. The van der Waals surface area contributed by atoms with Gasteiger partial charge in [0.15, 0.2) is 0 Å². The molecule has 0 heterocycles. The maximum atomic E-state index is 12.7. The molecular weight excluding hydrogens is 269 g/mol. The summed E-state index contributed by atoms with van der Waals surface area (Å²) in [5.41, 5.74) is -1.16. The number of benzene rings is 1. The first-order valence-electron chi connectivity index (χ1n) is 5.09. The molecular formula is C10H13F3N2O2S. The lowest BCUT2D eigenvalue weighted by Gasteiger charge is -2.13. The summed E-state index contributed by atoms with van der Waals surface area (Å²) in [4.78, 5) is -0.756. The molecule has 0 spiro atoms. The van der Waals surface area contributed by atoms with Crippen molar-refractivity contribution >= 4 is 10.0 Å². The fourth-order valence-electron chi connectivity index (χ4n) is 1.32. The number of hydrogen-bond donors (Lipinski definition) is 2.